The number of para-hydroxylation sites is 1. The minimum Gasteiger partial charge on any atom is -0.338 e. The Hall–Kier alpha value is -3.46. The zero-order chi connectivity index (χ0) is 20.4. The highest BCUT2D eigenvalue weighted by atomic mass is 32.2. The predicted octanol–water partition coefficient (Wildman–Crippen LogP) is 4.99. The topological polar surface area (TPSA) is 99.9 Å². The second-order valence-electron chi connectivity index (χ2n) is 6.36. The van der Waals surface area contributed by atoms with Crippen molar-refractivity contribution < 1.29 is 9.45 Å². The first-order chi connectivity index (χ1) is 14.0. The molecule has 9 heteroatoms. The van der Waals surface area contributed by atoms with Gasteiger partial charge in [-0.3, -0.25) is 14.7 Å². The van der Waals surface area contributed by atoms with Crippen LogP contribution >= 0.6 is 11.8 Å². The Morgan fingerprint density at radius 1 is 1.14 bits per heavy atom. The maximum Gasteiger partial charge on any atom is 0.270 e. The number of nitrogens with zero attached hydrogens (tertiary/aromatic N) is 5. The van der Waals surface area contributed by atoms with Crippen molar-refractivity contribution in [3.8, 4) is 16.9 Å². The largest absolute Gasteiger partial charge is 0.338 e. The first-order valence-electron chi connectivity index (χ1n) is 8.88. The first-order valence-corrected chi connectivity index (χ1v) is 9.76. The van der Waals surface area contributed by atoms with Crippen molar-refractivity contribution in [2.75, 3.05) is 0 Å². The number of rotatable bonds is 6. The molecule has 0 saturated heterocycles. The Balaban J connectivity index is 1.75. The SMILES string of the molecule is Cc1noc(C(C)Sc2nc(-c3cccc([N+](=O)[O-])c3)cn2-c2ccccc2)n1. The summed E-state index contributed by atoms with van der Waals surface area (Å²) in [7, 11) is 0. The summed E-state index contributed by atoms with van der Waals surface area (Å²) in [4.78, 5) is 19.8. The van der Waals surface area contributed by atoms with Crippen LogP contribution in [-0.2, 0) is 0 Å². The molecule has 0 spiro atoms. The van der Waals surface area contributed by atoms with Gasteiger partial charge in [-0.25, -0.2) is 4.98 Å². The fourth-order valence-electron chi connectivity index (χ4n) is 2.82. The van der Waals surface area contributed by atoms with Gasteiger partial charge < -0.3 is 4.52 Å². The summed E-state index contributed by atoms with van der Waals surface area (Å²) in [5.74, 6) is 1.10. The highest BCUT2D eigenvalue weighted by molar-refractivity contribution is 7.99. The molecular formula is C20H17N5O3S. The van der Waals surface area contributed by atoms with Crippen LogP contribution in [-0.4, -0.2) is 24.6 Å². The van der Waals surface area contributed by atoms with Crippen molar-refractivity contribution in [3.05, 3.63) is 82.6 Å². The molecule has 146 valence electrons. The van der Waals surface area contributed by atoms with Gasteiger partial charge in [0.05, 0.1) is 15.9 Å². The highest BCUT2D eigenvalue weighted by Crippen LogP contribution is 2.36. The molecule has 4 aromatic rings. The summed E-state index contributed by atoms with van der Waals surface area (Å²) in [5, 5.41) is 15.6. The molecule has 0 aliphatic carbocycles. The highest BCUT2D eigenvalue weighted by Gasteiger charge is 2.20. The van der Waals surface area contributed by atoms with Gasteiger partial charge in [0.2, 0.25) is 5.89 Å². The Kier molecular flexibility index (Phi) is 5.13. The molecule has 0 bridgehead atoms. The number of thioether (sulfide) groups is 1. The first kappa shape index (κ1) is 18.9. The van der Waals surface area contributed by atoms with E-state index in [9.17, 15) is 10.1 Å². The zero-order valence-electron chi connectivity index (χ0n) is 15.7. The average molecular weight is 407 g/mol. The van der Waals surface area contributed by atoms with E-state index in [-0.39, 0.29) is 10.9 Å². The third-order valence-electron chi connectivity index (χ3n) is 4.23. The van der Waals surface area contributed by atoms with Crippen molar-refractivity contribution in [1.29, 1.82) is 0 Å². The molecule has 0 aliphatic heterocycles. The molecule has 0 aliphatic rings. The standard InChI is InChI=1S/C20H17N5O3S/c1-13(19-21-14(2)23-28-19)29-20-22-18(12-24(20)16-8-4-3-5-9-16)15-7-6-10-17(11-15)25(26)27/h3-13H,1-2H3. The normalized spacial score (nSPS) is 12.1. The Morgan fingerprint density at radius 3 is 2.62 bits per heavy atom. The van der Waals surface area contributed by atoms with E-state index in [1.165, 1.54) is 23.9 Å². The molecule has 2 heterocycles. The molecule has 2 aromatic heterocycles. The lowest BCUT2D eigenvalue weighted by Gasteiger charge is -2.09. The summed E-state index contributed by atoms with van der Waals surface area (Å²) >= 11 is 1.48. The van der Waals surface area contributed by atoms with E-state index in [0.717, 1.165) is 10.8 Å². The van der Waals surface area contributed by atoms with Gasteiger partial charge in [-0.2, -0.15) is 4.98 Å². The predicted molar refractivity (Wildman–Crippen MR) is 109 cm³/mol. The van der Waals surface area contributed by atoms with Crippen LogP contribution in [0.2, 0.25) is 0 Å². The molecule has 0 amide bonds. The molecule has 4 rings (SSSR count). The van der Waals surface area contributed by atoms with E-state index in [1.54, 1.807) is 13.0 Å². The third kappa shape index (κ3) is 4.04. The van der Waals surface area contributed by atoms with Crippen LogP contribution < -0.4 is 0 Å². The molecule has 0 fully saturated rings. The Bertz CT molecular complexity index is 1160. The van der Waals surface area contributed by atoms with Crippen molar-refractivity contribution in [1.82, 2.24) is 19.7 Å². The lowest BCUT2D eigenvalue weighted by molar-refractivity contribution is -0.384. The monoisotopic (exact) mass is 407 g/mol. The number of non-ortho nitro benzene ring substituents is 1. The number of aromatic nitrogens is 4. The molecule has 2 aromatic carbocycles. The number of nitro benzene ring substituents is 1. The van der Waals surface area contributed by atoms with Crippen LogP contribution in [0.25, 0.3) is 16.9 Å². The fourth-order valence-corrected chi connectivity index (χ4v) is 3.76. The number of hydrogen-bond acceptors (Lipinski definition) is 7. The Labute approximate surface area is 170 Å². The van der Waals surface area contributed by atoms with Crippen LogP contribution in [0.4, 0.5) is 5.69 Å². The number of imidazole rings is 1. The van der Waals surface area contributed by atoms with Crippen LogP contribution in [0, 0.1) is 17.0 Å². The number of nitro groups is 1. The summed E-state index contributed by atoms with van der Waals surface area (Å²) in [6.07, 6.45) is 1.88. The van der Waals surface area contributed by atoms with E-state index in [4.69, 9.17) is 9.51 Å². The average Bonchev–Trinajstić information content (AvgIpc) is 3.35. The molecule has 0 radical (unpaired) electrons. The zero-order valence-corrected chi connectivity index (χ0v) is 16.5. The fraction of sp³-hybridized carbons (Fsp3) is 0.150. The maximum atomic E-state index is 11.1. The maximum absolute atomic E-state index is 11.1. The van der Waals surface area contributed by atoms with Gasteiger partial charge in [0.25, 0.3) is 5.69 Å². The minimum absolute atomic E-state index is 0.0284. The minimum atomic E-state index is -0.409. The second kappa shape index (κ2) is 7.88. The smallest absolute Gasteiger partial charge is 0.270 e. The molecule has 0 saturated carbocycles. The molecular weight excluding hydrogens is 390 g/mol. The molecule has 1 unspecified atom stereocenters. The third-order valence-corrected chi connectivity index (χ3v) is 5.29. The van der Waals surface area contributed by atoms with Crippen molar-refractivity contribution in [2.45, 2.75) is 24.3 Å². The summed E-state index contributed by atoms with van der Waals surface area (Å²) in [6.45, 7) is 3.74. The van der Waals surface area contributed by atoms with Gasteiger partial charge in [-0.05, 0) is 26.0 Å². The number of aryl methyl sites for hydroxylation is 1. The van der Waals surface area contributed by atoms with Crippen LogP contribution in [0.3, 0.4) is 0 Å². The van der Waals surface area contributed by atoms with Gasteiger partial charge in [0, 0.05) is 29.6 Å². The van der Waals surface area contributed by atoms with Crippen LogP contribution in [0.15, 0.2) is 70.5 Å². The Morgan fingerprint density at radius 2 is 1.93 bits per heavy atom. The van der Waals surface area contributed by atoms with Crippen molar-refractivity contribution >= 4 is 17.4 Å². The quantitative estimate of drug-likeness (QED) is 0.252. The molecule has 0 N–H and O–H groups in total. The van der Waals surface area contributed by atoms with Crippen molar-refractivity contribution in [3.63, 3.8) is 0 Å². The van der Waals surface area contributed by atoms with Gasteiger partial charge in [0.15, 0.2) is 11.0 Å². The van der Waals surface area contributed by atoms with Gasteiger partial charge >= 0.3 is 0 Å². The van der Waals surface area contributed by atoms with Crippen LogP contribution in [0.5, 0.6) is 0 Å². The van der Waals surface area contributed by atoms with Gasteiger partial charge in [-0.1, -0.05) is 47.3 Å². The molecule has 8 nitrogen and oxygen atoms in total. The number of benzene rings is 2. The molecule has 29 heavy (non-hydrogen) atoms. The van der Waals surface area contributed by atoms with E-state index in [2.05, 4.69) is 10.1 Å². The van der Waals surface area contributed by atoms with E-state index in [1.807, 2.05) is 54.1 Å². The summed E-state index contributed by atoms with van der Waals surface area (Å²) < 4.78 is 7.24. The summed E-state index contributed by atoms with van der Waals surface area (Å²) in [5.41, 5.74) is 2.29. The van der Waals surface area contributed by atoms with E-state index >= 15 is 0 Å². The van der Waals surface area contributed by atoms with Gasteiger partial charge in [0.1, 0.15) is 0 Å². The number of hydrogen-bond donors (Lipinski definition) is 0. The molecule has 1 atom stereocenters. The lowest BCUT2D eigenvalue weighted by Crippen LogP contribution is -1.97. The van der Waals surface area contributed by atoms with Crippen molar-refractivity contribution in [2.24, 2.45) is 0 Å². The van der Waals surface area contributed by atoms with Gasteiger partial charge in [-0.15, -0.1) is 0 Å². The van der Waals surface area contributed by atoms with E-state index in [0.29, 0.717) is 23.0 Å². The lowest BCUT2D eigenvalue weighted by atomic mass is 10.1. The van der Waals surface area contributed by atoms with E-state index < -0.39 is 4.92 Å². The second-order valence-corrected chi connectivity index (χ2v) is 7.67. The van der Waals surface area contributed by atoms with Crippen LogP contribution in [0.1, 0.15) is 23.9 Å². The summed E-state index contributed by atoms with van der Waals surface area (Å²) in [6, 6.07) is 16.2.